The van der Waals surface area contributed by atoms with Crippen LogP contribution in [-0.4, -0.2) is 34.8 Å². The maximum absolute atomic E-state index is 13.7. The molecule has 0 spiro atoms. The summed E-state index contributed by atoms with van der Waals surface area (Å²) in [6.07, 6.45) is -8.37. The maximum atomic E-state index is 13.7. The number of benzene rings is 2. The van der Waals surface area contributed by atoms with Crippen molar-refractivity contribution in [2.75, 3.05) is 12.5 Å². The van der Waals surface area contributed by atoms with E-state index in [2.05, 4.69) is 5.32 Å². The molecule has 2 amide bonds. The first-order valence-corrected chi connectivity index (χ1v) is 13.1. The van der Waals surface area contributed by atoms with E-state index in [0.29, 0.717) is 37.1 Å². The Morgan fingerprint density at radius 3 is 2.26 bits per heavy atom. The third kappa shape index (κ3) is 8.51. The molecule has 13 heteroatoms. The van der Waals surface area contributed by atoms with Gasteiger partial charge in [-0.15, -0.1) is 0 Å². The number of carbonyl (C=O) groups is 2. The van der Waals surface area contributed by atoms with Gasteiger partial charge in [-0.05, 0) is 73.2 Å². The number of hydrogen-bond acceptors (Lipinski definition) is 4. The lowest BCUT2D eigenvalue weighted by Crippen LogP contribution is -2.48. The summed E-state index contributed by atoms with van der Waals surface area (Å²) in [7, 11) is 0. The summed E-state index contributed by atoms with van der Waals surface area (Å²) in [6, 6.07) is 4.48. The first kappa shape index (κ1) is 30.6. The Morgan fingerprint density at radius 1 is 1.05 bits per heavy atom. The average Bonchev–Trinajstić information content (AvgIpc) is 2.82. The number of likely N-dealkylation sites (tertiary alicyclic amines) is 1. The van der Waals surface area contributed by atoms with E-state index in [-0.39, 0.29) is 17.6 Å². The second kappa shape index (κ2) is 12.5. The topological polar surface area (TPSA) is 58.6 Å². The lowest BCUT2D eigenvalue weighted by atomic mass is 9.92. The van der Waals surface area contributed by atoms with Gasteiger partial charge in [-0.3, -0.25) is 4.79 Å². The smallest absolute Gasteiger partial charge is 0.416 e. The van der Waals surface area contributed by atoms with Crippen molar-refractivity contribution < 1.29 is 45.1 Å². The van der Waals surface area contributed by atoms with Crippen LogP contribution in [0, 0.1) is 12.7 Å². The highest BCUT2D eigenvalue weighted by Gasteiger charge is 2.37. The number of piperidine rings is 1. The third-order valence-electron chi connectivity index (χ3n) is 6.24. The molecule has 1 fully saturated rings. The molecule has 2 atom stereocenters. The molecule has 1 saturated heterocycles. The molecule has 214 valence electrons. The molecule has 2 unspecified atom stereocenters. The van der Waals surface area contributed by atoms with Crippen molar-refractivity contribution in [1.82, 2.24) is 10.2 Å². The van der Waals surface area contributed by atoms with Gasteiger partial charge in [0.1, 0.15) is 11.8 Å². The third-order valence-corrected chi connectivity index (χ3v) is 7.18. The molecule has 1 N–H and O–H groups in total. The van der Waals surface area contributed by atoms with E-state index in [1.807, 2.05) is 0 Å². The van der Waals surface area contributed by atoms with Crippen LogP contribution in [0.5, 0.6) is 0 Å². The first-order valence-electron chi connectivity index (χ1n) is 12.0. The molecule has 39 heavy (non-hydrogen) atoms. The summed E-state index contributed by atoms with van der Waals surface area (Å²) in [5.41, 5.74) is -1.86. The molecule has 1 heterocycles. The zero-order valence-corrected chi connectivity index (χ0v) is 21.9. The fraction of sp³-hybridized carbons (Fsp3) is 0.462. The first-order chi connectivity index (χ1) is 18.1. The quantitative estimate of drug-likeness (QED) is 0.213. The summed E-state index contributed by atoms with van der Waals surface area (Å²) >= 11 is 0.852. The van der Waals surface area contributed by atoms with Crippen molar-refractivity contribution in [3.8, 4) is 0 Å². The summed E-state index contributed by atoms with van der Waals surface area (Å²) in [4.78, 5) is 26.1. The van der Waals surface area contributed by atoms with E-state index in [1.54, 1.807) is 13.0 Å². The van der Waals surface area contributed by atoms with Crippen molar-refractivity contribution in [1.29, 1.82) is 0 Å². The average molecular weight is 581 g/mol. The molecule has 1 aliphatic heterocycles. The SMILES string of the molecule is CC(=O)OCSC(Cc1cc(C(F)(F)F)cc(C(F)(F)F)c1)NC(=O)N1CCCCC1c1ccc(F)cc1C. The van der Waals surface area contributed by atoms with Gasteiger partial charge in [0.2, 0.25) is 0 Å². The van der Waals surface area contributed by atoms with E-state index in [0.717, 1.165) is 30.7 Å². The summed E-state index contributed by atoms with van der Waals surface area (Å²) in [6.45, 7) is 3.20. The van der Waals surface area contributed by atoms with Crippen molar-refractivity contribution >= 4 is 23.8 Å². The van der Waals surface area contributed by atoms with Crippen LogP contribution in [0.1, 0.15) is 60.0 Å². The van der Waals surface area contributed by atoms with Crippen molar-refractivity contribution in [2.45, 2.75) is 63.3 Å². The van der Waals surface area contributed by atoms with Crippen molar-refractivity contribution in [2.24, 2.45) is 0 Å². The number of urea groups is 1. The van der Waals surface area contributed by atoms with Gasteiger partial charge in [0.15, 0.2) is 0 Å². The van der Waals surface area contributed by atoms with Gasteiger partial charge >= 0.3 is 24.4 Å². The fourth-order valence-corrected chi connectivity index (χ4v) is 5.33. The van der Waals surface area contributed by atoms with Gasteiger partial charge < -0.3 is 15.0 Å². The predicted octanol–water partition coefficient (Wildman–Crippen LogP) is 7.23. The van der Waals surface area contributed by atoms with Gasteiger partial charge in [0.05, 0.1) is 22.5 Å². The number of amides is 2. The van der Waals surface area contributed by atoms with Crippen LogP contribution in [0.2, 0.25) is 0 Å². The minimum absolute atomic E-state index is 0.0342. The number of carbonyl (C=O) groups excluding carboxylic acids is 2. The molecule has 3 rings (SSSR count). The minimum atomic E-state index is -5.02. The zero-order chi connectivity index (χ0) is 29.0. The number of nitrogens with zero attached hydrogens (tertiary/aromatic N) is 1. The van der Waals surface area contributed by atoms with Crippen LogP contribution in [0.3, 0.4) is 0 Å². The van der Waals surface area contributed by atoms with Gasteiger partial charge in [-0.1, -0.05) is 17.8 Å². The lowest BCUT2D eigenvalue weighted by Gasteiger charge is -2.37. The Kier molecular flexibility index (Phi) is 9.78. The maximum Gasteiger partial charge on any atom is 0.416 e. The summed E-state index contributed by atoms with van der Waals surface area (Å²) < 4.78 is 98.6. The number of thioether (sulfide) groups is 1. The van der Waals surface area contributed by atoms with Crippen LogP contribution in [0.25, 0.3) is 0 Å². The Hall–Kier alpha value is -2.96. The molecule has 0 saturated carbocycles. The largest absolute Gasteiger partial charge is 0.455 e. The monoisotopic (exact) mass is 580 g/mol. The molecule has 5 nitrogen and oxygen atoms in total. The number of halogens is 7. The predicted molar refractivity (Wildman–Crippen MR) is 131 cm³/mol. The highest BCUT2D eigenvalue weighted by atomic mass is 32.2. The molecule has 2 aromatic carbocycles. The van der Waals surface area contributed by atoms with Crippen LogP contribution in [0.4, 0.5) is 35.5 Å². The Bertz CT molecular complexity index is 1150. The molecule has 0 aromatic heterocycles. The molecule has 0 aliphatic carbocycles. The second-order valence-electron chi connectivity index (χ2n) is 9.18. The van der Waals surface area contributed by atoms with Crippen LogP contribution in [0.15, 0.2) is 36.4 Å². The second-order valence-corrected chi connectivity index (χ2v) is 10.3. The zero-order valence-electron chi connectivity index (χ0n) is 21.1. The molecule has 0 radical (unpaired) electrons. The van der Waals surface area contributed by atoms with Gasteiger partial charge in [0, 0.05) is 19.9 Å². The van der Waals surface area contributed by atoms with E-state index in [4.69, 9.17) is 4.74 Å². The van der Waals surface area contributed by atoms with Crippen LogP contribution < -0.4 is 5.32 Å². The number of hydrogen-bond donors (Lipinski definition) is 1. The number of esters is 1. The van der Waals surface area contributed by atoms with E-state index < -0.39 is 59.1 Å². The summed E-state index contributed by atoms with van der Waals surface area (Å²) in [5, 5.41) is 1.65. The number of nitrogens with one attached hydrogen (secondary N) is 1. The molecule has 0 bridgehead atoms. The van der Waals surface area contributed by atoms with Crippen LogP contribution >= 0.6 is 11.8 Å². The Balaban J connectivity index is 1.88. The van der Waals surface area contributed by atoms with Gasteiger partial charge in [-0.25, -0.2) is 9.18 Å². The highest BCUT2D eigenvalue weighted by molar-refractivity contribution is 7.99. The minimum Gasteiger partial charge on any atom is -0.455 e. The molecular formula is C26H27F7N2O3S. The molecule has 1 aliphatic rings. The molecule has 2 aromatic rings. The normalized spacial score (nSPS) is 17.1. The Morgan fingerprint density at radius 2 is 1.69 bits per heavy atom. The van der Waals surface area contributed by atoms with E-state index in [1.165, 1.54) is 17.0 Å². The Labute approximate surface area is 225 Å². The number of aryl methyl sites for hydroxylation is 1. The van der Waals surface area contributed by atoms with Gasteiger partial charge in [0.25, 0.3) is 0 Å². The van der Waals surface area contributed by atoms with Gasteiger partial charge in [-0.2, -0.15) is 26.3 Å². The lowest BCUT2D eigenvalue weighted by molar-refractivity contribution is -0.143. The van der Waals surface area contributed by atoms with E-state index >= 15 is 0 Å². The fourth-order valence-electron chi connectivity index (χ4n) is 4.43. The van der Waals surface area contributed by atoms with Crippen LogP contribution in [-0.2, 0) is 28.3 Å². The highest BCUT2D eigenvalue weighted by Crippen LogP contribution is 2.37. The standard InChI is InChI=1S/C26H27F7N2O3S/c1-15-9-20(27)6-7-21(15)22-5-3-4-8-35(22)24(37)34-23(39-14-38-16(2)36)12-17-10-18(25(28,29)30)13-19(11-17)26(31,32)33/h6-7,9-11,13,22-23H,3-5,8,12,14H2,1-2H3,(H,34,37). The summed E-state index contributed by atoms with van der Waals surface area (Å²) in [5.74, 6) is -1.36. The van der Waals surface area contributed by atoms with Crippen molar-refractivity contribution in [3.63, 3.8) is 0 Å². The number of ether oxygens (including phenoxy) is 1. The van der Waals surface area contributed by atoms with E-state index in [9.17, 15) is 40.3 Å². The number of rotatable bonds is 7. The molecular weight excluding hydrogens is 553 g/mol. The van der Waals surface area contributed by atoms with Crippen molar-refractivity contribution in [3.05, 3.63) is 70.0 Å². The number of alkyl halides is 6.